The zero-order chi connectivity index (χ0) is 16.0. The molecule has 0 aliphatic heterocycles. The summed E-state index contributed by atoms with van der Waals surface area (Å²) in [6.07, 6.45) is 1.51. The minimum absolute atomic E-state index is 0.0247. The third-order valence-electron chi connectivity index (χ3n) is 3.24. The lowest BCUT2D eigenvalue weighted by atomic mass is 10.2. The predicted molar refractivity (Wildman–Crippen MR) is 78.8 cm³/mol. The van der Waals surface area contributed by atoms with Crippen molar-refractivity contribution in [3.05, 3.63) is 17.5 Å². The van der Waals surface area contributed by atoms with Crippen LogP contribution in [0.2, 0.25) is 0 Å². The molecule has 0 saturated carbocycles. The Morgan fingerprint density at radius 3 is 2.52 bits per heavy atom. The van der Waals surface area contributed by atoms with Crippen LogP contribution in [-0.4, -0.2) is 65.2 Å². The normalized spacial score (nSPS) is 10.8. The van der Waals surface area contributed by atoms with E-state index in [4.69, 9.17) is 4.74 Å². The topological polar surface area (TPSA) is 67.7 Å². The molecule has 0 bridgehead atoms. The van der Waals surface area contributed by atoms with Gasteiger partial charge in [0.1, 0.15) is 5.56 Å². The number of carbonyl (C=O) groups is 2. The van der Waals surface area contributed by atoms with Gasteiger partial charge in [-0.1, -0.05) is 6.92 Å². The molecule has 0 saturated heterocycles. The number of aryl methyl sites for hydroxylation is 1. The van der Waals surface area contributed by atoms with E-state index < -0.39 is 0 Å². The van der Waals surface area contributed by atoms with Crippen LogP contribution in [0.25, 0.3) is 0 Å². The molecule has 1 aromatic rings. The molecule has 0 aliphatic rings. The Balaban J connectivity index is 2.87. The van der Waals surface area contributed by atoms with Crippen molar-refractivity contribution < 1.29 is 14.3 Å². The third-order valence-corrected chi connectivity index (χ3v) is 3.24. The fourth-order valence-electron chi connectivity index (χ4n) is 1.85. The molecule has 0 spiro atoms. The van der Waals surface area contributed by atoms with E-state index in [9.17, 15) is 9.59 Å². The van der Waals surface area contributed by atoms with Gasteiger partial charge < -0.3 is 9.64 Å². The Morgan fingerprint density at radius 2 is 2.00 bits per heavy atom. The van der Waals surface area contributed by atoms with E-state index in [-0.39, 0.29) is 11.9 Å². The van der Waals surface area contributed by atoms with Crippen LogP contribution in [0.15, 0.2) is 6.20 Å². The number of nitrogens with zero attached hydrogens (tertiary/aromatic N) is 4. The molecule has 21 heavy (non-hydrogen) atoms. The molecule has 0 aliphatic carbocycles. The van der Waals surface area contributed by atoms with Crippen LogP contribution in [0.3, 0.4) is 0 Å². The van der Waals surface area contributed by atoms with Gasteiger partial charge in [0.25, 0.3) is 0 Å². The predicted octanol–water partition coefficient (Wildman–Crippen LogP) is 0.507. The van der Waals surface area contributed by atoms with Crippen molar-refractivity contribution in [1.29, 1.82) is 0 Å². The highest BCUT2D eigenvalue weighted by atomic mass is 16.5. The van der Waals surface area contributed by atoms with Crippen LogP contribution in [0.4, 0.5) is 0 Å². The third kappa shape index (κ3) is 4.56. The Morgan fingerprint density at radius 1 is 1.33 bits per heavy atom. The summed E-state index contributed by atoms with van der Waals surface area (Å²) in [5.41, 5.74) is 1.21. The van der Waals surface area contributed by atoms with E-state index in [1.54, 1.807) is 37.6 Å². The van der Waals surface area contributed by atoms with Crippen LogP contribution < -0.4 is 0 Å². The first kappa shape index (κ1) is 17.2. The summed E-state index contributed by atoms with van der Waals surface area (Å²) in [5, 5.41) is 4.12. The monoisotopic (exact) mass is 296 g/mol. The standard InChI is InChI=1S/C14H24N4O3/c1-6-18(10-13(19)16(3)4)9-12-11(8-15-17(12)5)14(20)21-7-2/h8H,6-7,9-10H2,1-5H3. The molecule has 1 heterocycles. The van der Waals surface area contributed by atoms with Gasteiger partial charge in [-0.25, -0.2) is 4.79 Å². The van der Waals surface area contributed by atoms with Gasteiger partial charge in [-0.3, -0.25) is 14.4 Å². The van der Waals surface area contributed by atoms with E-state index in [2.05, 4.69) is 5.10 Å². The molecule has 0 aromatic carbocycles. The Kier molecular flexibility index (Phi) is 6.36. The van der Waals surface area contributed by atoms with E-state index in [0.717, 1.165) is 5.69 Å². The van der Waals surface area contributed by atoms with E-state index in [1.807, 2.05) is 11.8 Å². The maximum absolute atomic E-state index is 11.9. The molecular formula is C14H24N4O3. The summed E-state index contributed by atoms with van der Waals surface area (Å²) in [7, 11) is 5.23. The summed E-state index contributed by atoms with van der Waals surface area (Å²) in [6, 6.07) is 0. The number of carbonyl (C=O) groups excluding carboxylic acids is 2. The molecule has 0 radical (unpaired) electrons. The molecule has 1 amide bonds. The van der Waals surface area contributed by atoms with Crippen molar-refractivity contribution in [1.82, 2.24) is 19.6 Å². The van der Waals surface area contributed by atoms with Gasteiger partial charge in [-0.2, -0.15) is 5.10 Å². The van der Waals surface area contributed by atoms with Gasteiger partial charge in [-0.15, -0.1) is 0 Å². The lowest BCUT2D eigenvalue weighted by molar-refractivity contribution is -0.130. The highest BCUT2D eigenvalue weighted by molar-refractivity contribution is 5.90. The number of esters is 1. The molecule has 0 fully saturated rings. The second-order valence-electron chi connectivity index (χ2n) is 4.94. The van der Waals surface area contributed by atoms with Crippen molar-refractivity contribution in [2.24, 2.45) is 7.05 Å². The van der Waals surface area contributed by atoms with E-state index in [1.165, 1.54) is 6.20 Å². The van der Waals surface area contributed by atoms with Gasteiger partial charge >= 0.3 is 5.97 Å². The van der Waals surface area contributed by atoms with Crippen molar-refractivity contribution in [2.75, 3.05) is 33.8 Å². The first-order valence-electron chi connectivity index (χ1n) is 7.01. The molecular weight excluding hydrogens is 272 g/mol. The Hall–Kier alpha value is -1.89. The van der Waals surface area contributed by atoms with Crippen LogP contribution in [-0.2, 0) is 23.1 Å². The summed E-state index contributed by atoms with van der Waals surface area (Å²) in [4.78, 5) is 27.2. The average molecular weight is 296 g/mol. The Labute approximate surface area is 125 Å². The lowest BCUT2D eigenvalue weighted by Crippen LogP contribution is -2.36. The van der Waals surface area contributed by atoms with Gasteiger partial charge in [-0.05, 0) is 13.5 Å². The van der Waals surface area contributed by atoms with Gasteiger partial charge in [0, 0.05) is 27.7 Å². The van der Waals surface area contributed by atoms with E-state index >= 15 is 0 Å². The van der Waals surface area contributed by atoms with Crippen LogP contribution >= 0.6 is 0 Å². The summed E-state index contributed by atoms with van der Waals surface area (Å²) < 4.78 is 6.68. The van der Waals surface area contributed by atoms with Gasteiger partial charge in [0.15, 0.2) is 0 Å². The molecule has 0 atom stereocenters. The van der Waals surface area contributed by atoms with Crippen molar-refractivity contribution in [3.63, 3.8) is 0 Å². The second kappa shape index (κ2) is 7.78. The van der Waals surface area contributed by atoms with Gasteiger partial charge in [0.05, 0.1) is 25.0 Å². The zero-order valence-corrected chi connectivity index (χ0v) is 13.4. The number of likely N-dealkylation sites (N-methyl/N-ethyl adjacent to an activating group) is 2. The van der Waals surface area contributed by atoms with Crippen molar-refractivity contribution in [2.45, 2.75) is 20.4 Å². The maximum atomic E-state index is 11.9. The summed E-state index contributed by atoms with van der Waals surface area (Å²) in [6.45, 7) is 5.54. The largest absolute Gasteiger partial charge is 0.462 e. The second-order valence-corrected chi connectivity index (χ2v) is 4.94. The number of aromatic nitrogens is 2. The maximum Gasteiger partial charge on any atom is 0.341 e. The molecule has 118 valence electrons. The molecule has 7 heteroatoms. The molecule has 0 unspecified atom stereocenters. The fraction of sp³-hybridized carbons (Fsp3) is 0.643. The highest BCUT2D eigenvalue weighted by Crippen LogP contribution is 2.12. The first-order chi connectivity index (χ1) is 9.90. The van der Waals surface area contributed by atoms with Crippen LogP contribution in [0.1, 0.15) is 29.9 Å². The van der Waals surface area contributed by atoms with E-state index in [0.29, 0.717) is 31.8 Å². The van der Waals surface area contributed by atoms with Crippen molar-refractivity contribution in [3.8, 4) is 0 Å². The smallest absolute Gasteiger partial charge is 0.341 e. The first-order valence-corrected chi connectivity index (χ1v) is 7.01. The number of hydrogen-bond acceptors (Lipinski definition) is 5. The molecule has 1 aromatic heterocycles. The number of rotatable bonds is 7. The van der Waals surface area contributed by atoms with Crippen molar-refractivity contribution >= 4 is 11.9 Å². The SMILES string of the molecule is CCOC(=O)c1cnn(C)c1CN(CC)CC(=O)N(C)C. The lowest BCUT2D eigenvalue weighted by Gasteiger charge is -2.22. The number of hydrogen-bond donors (Lipinski definition) is 0. The fourth-order valence-corrected chi connectivity index (χ4v) is 1.85. The van der Waals surface area contributed by atoms with Crippen LogP contribution in [0.5, 0.6) is 0 Å². The molecule has 7 nitrogen and oxygen atoms in total. The average Bonchev–Trinajstić information content (AvgIpc) is 2.79. The molecule has 0 N–H and O–H groups in total. The summed E-state index contributed by atoms with van der Waals surface area (Å²) >= 11 is 0. The minimum Gasteiger partial charge on any atom is -0.462 e. The highest BCUT2D eigenvalue weighted by Gasteiger charge is 2.20. The quantitative estimate of drug-likeness (QED) is 0.686. The number of ether oxygens (including phenoxy) is 1. The molecule has 1 rings (SSSR count). The van der Waals surface area contributed by atoms with Gasteiger partial charge in [0.2, 0.25) is 5.91 Å². The van der Waals surface area contributed by atoms with Crippen LogP contribution in [0, 0.1) is 0 Å². The zero-order valence-electron chi connectivity index (χ0n) is 13.4. The summed E-state index contributed by atoms with van der Waals surface area (Å²) in [5.74, 6) is -0.354. The number of amides is 1. The Bertz CT molecular complexity index is 496. The minimum atomic E-state index is -0.379.